The van der Waals surface area contributed by atoms with E-state index < -0.39 is 0 Å². The summed E-state index contributed by atoms with van der Waals surface area (Å²) in [6, 6.07) is 11.4. The fraction of sp³-hybridized carbons (Fsp3) is 0.364. The number of carbonyl (C=O) groups is 1. The minimum atomic E-state index is -0.0735. The molecule has 158 valence electrons. The molecule has 0 saturated heterocycles. The number of hydrogen-bond donors (Lipinski definition) is 3. The summed E-state index contributed by atoms with van der Waals surface area (Å²) in [6.07, 6.45) is 0.938. The van der Waals surface area contributed by atoms with Crippen LogP contribution >= 0.6 is 0 Å². The molecule has 30 heavy (non-hydrogen) atoms. The third-order valence-electron chi connectivity index (χ3n) is 4.82. The molecule has 8 nitrogen and oxygen atoms in total. The second-order valence-electron chi connectivity index (χ2n) is 7.36. The molecule has 2 aromatic heterocycles. The van der Waals surface area contributed by atoms with Crippen molar-refractivity contribution >= 4 is 34.4 Å². The van der Waals surface area contributed by atoms with Crippen molar-refractivity contribution < 1.29 is 9.53 Å². The topological polar surface area (TPSA) is 115 Å². The zero-order chi connectivity index (χ0) is 21.7. The van der Waals surface area contributed by atoms with Crippen molar-refractivity contribution in [3.05, 3.63) is 36.4 Å². The summed E-state index contributed by atoms with van der Waals surface area (Å²) in [7, 11) is 1.69. The zero-order valence-electron chi connectivity index (χ0n) is 17.8. The van der Waals surface area contributed by atoms with Gasteiger partial charge in [0.25, 0.3) is 0 Å². The Bertz CT molecular complexity index is 1020. The zero-order valence-corrected chi connectivity index (χ0v) is 17.8. The smallest absolute Gasteiger partial charge is 0.226 e. The SMILES string of the molecule is CCC(CNc1nc(N)nc2ccc(-c3ccc(NC(=O)C(C)C)cc3)nc12)OC. The number of fused-ring (bicyclic) bond motifs is 1. The van der Waals surface area contributed by atoms with Crippen molar-refractivity contribution in [2.24, 2.45) is 5.92 Å². The number of nitrogens with one attached hydrogen (secondary N) is 2. The van der Waals surface area contributed by atoms with Gasteiger partial charge < -0.3 is 21.1 Å². The first kappa shape index (κ1) is 21.4. The maximum absolute atomic E-state index is 11.9. The summed E-state index contributed by atoms with van der Waals surface area (Å²) in [6.45, 7) is 6.37. The molecule has 1 amide bonds. The maximum atomic E-state index is 11.9. The van der Waals surface area contributed by atoms with Crippen LogP contribution in [0.4, 0.5) is 17.5 Å². The summed E-state index contributed by atoms with van der Waals surface area (Å²) in [4.78, 5) is 25.2. The number of ether oxygens (including phenoxy) is 1. The second kappa shape index (κ2) is 9.49. The number of pyridine rings is 1. The lowest BCUT2D eigenvalue weighted by Gasteiger charge is -2.15. The molecule has 0 fully saturated rings. The van der Waals surface area contributed by atoms with Crippen LogP contribution in [0.25, 0.3) is 22.3 Å². The summed E-state index contributed by atoms with van der Waals surface area (Å²) in [5.74, 6) is 0.681. The number of carbonyl (C=O) groups excluding carboxylic acids is 1. The number of nitrogen functional groups attached to an aromatic ring is 1. The monoisotopic (exact) mass is 408 g/mol. The molecule has 3 rings (SSSR count). The molecule has 1 atom stereocenters. The van der Waals surface area contributed by atoms with Gasteiger partial charge in [0.1, 0.15) is 5.52 Å². The average molecular weight is 409 g/mol. The van der Waals surface area contributed by atoms with Crippen molar-refractivity contribution in [3.8, 4) is 11.3 Å². The Kier molecular flexibility index (Phi) is 6.79. The lowest BCUT2D eigenvalue weighted by Crippen LogP contribution is -2.22. The van der Waals surface area contributed by atoms with E-state index in [2.05, 4.69) is 27.5 Å². The fourth-order valence-electron chi connectivity index (χ4n) is 2.93. The van der Waals surface area contributed by atoms with Crippen molar-refractivity contribution in [2.45, 2.75) is 33.3 Å². The van der Waals surface area contributed by atoms with Gasteiger partial charge in [0.2, 0.25) is 11.9 Å². The molecule has 0 aliphatic carbocycles. The number of hydrogen-bond acceptors (Lipinski definition) is 7. The van der Waals surface area contributed by atoms with Crippen LogP contribution in [0.2, 0.25) is 0 Å². The first-order chi connectivity index (χ1) is 14.4. The van der Waals surface area contributed by atoms with E-state index in [1.54, 1.807) is 7.11 Å². The average Bonchev–Trinajstić information content (AvgIpc) is 2.74. The molecule has 8 heteroatoms. The van der Waals surface area contributed by atoms with Crippen LogP contribution in [0, 0.1) is 5.92 Å². The fourth-order valence-corrected chi connectivity index (χ4v) is 2.93. The van der Waals surface area contributed by atoms with Crippen molar-refractivity contribution in [1.82, 2.24) is 15.0 Å². The highest BCUT2D eigenvalue weighted by Crippen LogP contribution is 2.25. The minimum Gasteiger partial charge on any atom is -0.380 e. The minimum absolute atomic E-state index is 0.0153. The van der Waals surface area contributed by atoms with Crippen LogP contribution in [-0.4, -0.2) is 40.6 Å². The van der Waals surface area contributed by atoms with Gasteiger partial charge in [0.15, 0.2) is 5.82 Å². The van der Waals surface area contributed by atoms with Gasteiger partial charge in [-0.05, 0) is 30.7 Å². The van der Waals surface area contributed by atoms with Gasteiger partial charge in [-0.15, -0.1) is 0 Å². The van der Waals surface area contributed by atoms with Crippen molar-refractivity contribution in [3.63, 3.8) is 0 Å². The van der Waals surface area contributed by atoms with Crippen LogP contribution < -0.4 is 16.4 Å². The standard InChI is InChI=1S/C22H28N6O2/c1-5-16(30-4)12-24-20-19-18(27-22(23)28-20)11-10-17(26-19)14-6-8-15(9-7-14)25-21(29)13(2)3/h6-11,13,16H,5,12H2,1-4H3,(H,25,29)(H3,23,24,27,28). The number of rotatable bonds is 8. The number of aromatic nitrogens is 3. The van der Waals surface area contributed by atoms with E-state index >= 15 is 0 Å². The molecule has 1 unspecified atom stereocenters. The molecule has 4 N–H and O–H groups in total. The van der Waals surface area contributed by atoms with Crippen LogP contribution in [0.1, 0.15) is 27.2 Å². The van der Waals surface area contributed by atoms with Crippen molar-refractivity contribution in [2.75, 3.05) is 30.0 Å². The summed E-state index contributed by atoms with van der Waals surface area (Å²) in [5, 5.41) is 6.17. The van der Waals surface area contributed by atoms with Gasteiger partial charge in [0.05, 0.1) is 17.3 Å². The Morgan fingerprint density at radius 1 is 1.10 bits per heavy atom. The van der Waals surface area contributed by atoms with E-state index in [0.29, 0.717) is 23.4 Å². The predicted molar refractivity (Wildman–Crippen MR) is 120 cm³/mol. The molecule has 0 aliphatic heterocycles. The maximum Gasteiger partial charge on any atom is 0.226 e. The van der Waals surface area contributed by atoms with E-state index in [-0.39, 0.29) is 23.9 Å². The molecule has 0 bridgehead atoms. The summed E-state index contributed by atoms with van der Waals surface area (Å²) in [5.41, 5.74) is 9.63. The van der Waals surface area contributed by atoms with Crippen LogP contribution in [-0.2, 0) is 9.53 Å². The lowest BCUT2D eigenvalue weighted by molar-refractivity contribution is -0.118. The normalized spacial score (nSPS) is 12.2. The highest BCUT2D eigenvalue weighted by molar-refractivity contribution is 5.92. The van der Waals surface area contributed by atoms with Crippen LogP contribution in [0.3, 0.4) is 0 Å². The third-order valence-corrected chi connectivity index (χ3v) is 4.82. The molecule has 3 aromatic rings. The largest absolute Gasteiger partial charge is 0.380 e. The number of benzene rings is 1. The third kappa shape index (κ3) is 5.01. The highest BCUT2D eigenvalue weighted by Gasteiger charge is 2.12. The van der Waals surface area contributed by atoms with Crippen LogP contribution in [0.5, 0.6) is 0 Å². The van der Waals surface area contributed by atoms with Gasteiger partial charge in [-0.25, -0.2) is 9.97 Å². The molecule has 0 radical (unpaired) electrons. The lowest BCUT2D eigenvalue weighted by atomic mass is 10.1. The molecular formula is C22H28N6O2. The van der Waals surface area contributed by atoms with Crippen LogP contribution in [0.15, 0.2) is 36.4 Å². The Hall–Kier alpha value is -3.26. The Morgan fingerprint density at radius 2 is 1.83 bits per heavy atom. The van der Waals surface area contributed by atoms with Gasteiger partial charge >= 0.3 is 0 Å². The van der Waals surface area contributed by atoms with E-state index in [1.165, 1.54) is 0 Å². The summed E-state index contributed by atoms with van der Waals surface area (Å²) < 4.78 is 5.42. The van der Waals surface area contributed by atoms with E-state index in [0.717, 1.165) is 23.4 Å². The van der Waals surface area contributed by atoms with E-state index in [1.807, 2.05) is 50.2 Å². The number of amides is 1. The van der Waals surface area contributed by atoms with E-state index in [4.69, 9.17) is 15.5 Å². The van der Waals surface area contributed by atoms with Gasteiger partial charge in [-0.1, -0.05) is 32.9 Å². The number of nitrogens with two attached hydrogens (primary N) is 1. The number of nitrogens with zero attached hydrogens (tertiary/aromatic N) is 3. The van der Waals surface area contributed by atoms with Gasteiger partial charge in [-0.2, -0.15) is 4.98 Å². The predicted octanol–water partition coefficient (Wildman–Crippen LogP) is 3.71. The molecule has 0 saturated carbocycles. The van der Waals surface area contributed by atoms with Crippen molar-refractivity contribution in [1.29, 1.82) is 0 Å². The molecule has 1 aromatic carbocycles. The highest BCUT2D eigenvalue weighted by atomic mass is 16.5. The quantitative estimate of drug-likeness (QED) is 0.520. The first-order valence-corrected chi connectivity index (χ1v) is 10.0. The first-order valence-electron chi connectivity index (χ1n) is 10.0. The molecule has 2 heterocycles. The second-order valence-corrected chi connectivity index (χ2v) is 7.36. The molecule has 0 aliphatic rings. The number of anilines is 3. The van der Waals surface area contributed by atoms with Gasteiger partial charge in [-0.3, -0.25) is 4.79 Å². The molecule has 0 spiro atoms. The summed E-state index contributed by atoms with van der Waals surface area (Å²) >= 11 is 0. The number of methoxy groups -OCH3 is 1. The Balaban J connectivity index is 1.89. The molecular weight excluding hydrogens is 380 g/mol. The van der Waals surface area contributed by atoms with E-state index in [9.17, 15) is 4.79 Å². The Morgan fingerprint density at radius 3 is 2.47 bits per heavy atom. The van der Waals surface area contributed by atoms with Gasteiger partial charge in [0, 0.05) is 30.8 Å². The Labute approximate surface area is 176 Å².